The van der Waals surface area contributed by atoms with E-state index in [1.54, 1.807) is 30.6 Å². The van der Waals surface area contributed by atoms with E-state index in [2.05, 4.69) is 0 Å². The zero-order valence-corrected chi connectivity index (χ0v) is 11.7. The molecule has 0 spiro atoms. The number of rotatable bonds is 4. The van der Waals surface area contributed by atoms with Gasteiger partial charge in [0.25, 0.3) is 0 Å². The Kier molecular flexibility index (Phi) is 3.56. The smallest absolute Gasteiger partial charge is 0.123 e. The van der Waals surface area contributed by atoms with Gasteiger partial charge in [0.2, 0.25) is 0 Å². The van der Waals surface area contributed by atoms with E-state index in [1.165, 1.54) is 6.07 Å². The predicted molar refractivity (Wildman–Crippen MR) is 79.1 cm³/mol. The summed E-state index contributed by atoms with van der Waals surface area (Å²) >= 11 is 1.62. The Morgan fingerprint density at radius 1 is 1.00 bits per heavy atom. The lowest BCUT2D eigenvalue weighted by molar-refractivity contribution is 0.309. The molecule has 20 heavy (non-hydrogen) atoms. The van der Waals surface area contributed by atoms with Gasteiger partial charge in [0.1, 0.15) is 23.9 Å². The molecule has 3 rings (SSSR count). The van der Waals surface area contributed by atoms with Crippen LogP contribution in [0.1, 0.15) is 4.88 Å². The van der Waals surface area contributed by atoms with Crippen molar-refractivity contribution in [1.82, 2.24) is 0 Å². The van der Waals surface area contributed by atoms with Crippen molar-refractivity contribution in [3.63, 3.8) is 0 Å². The fraction of sp³-hybridized carbons (Fsp3) is 0.125. The standard InChI is InChI=1S/C16H13FO2S/c1-18-13-3-5-14(6-4-13)19-10-15-9-11-8-12(17)2-7-16(11)20-15/h2-9H,10H2,1H3. The SMILES string of the molecule is COc1ccc(OCc2cc3cc(F)ccc3s2)cc1. The monoisotopic (exact) mass is 288 g/mol. The van der Waals surface area contributed by atoms with Gasteiger partial charge in [0.05, 0.1) is 7.11 Å². The topological polar surface area (TPSA) is 18.5 Å². The molecule has 0 N–H and O–H groups in total. The summed E-state index contributed by atoms with van der Waals surface area (Å²) in [6, 6.07) is 14.2. The third-order valence-electron chi connectivity index (χ3n) is 2.97. The number of hydrogen-bond donors (Lipinski definition) is 0. The lowest BCUT2D eigenvalue weighted by Gasteiger charge is -2.05. The first kappa shape index (κ1) is 12.9. The molecule has 0 fully saturated rings. The summed E-state index contributed by atoms with van der Waals surface area (Å²) in [5.41, 5.74) is 0. The first-order chi connectivity index (χ1) is 9.74. The fourth-order valence-corrected chi connectivity index (χ4v) is 2.92. The van der Waals surface area contributed by atoms with Gasteiger partial charge >= 0.3 is 0 Å². The highest BCUT2D eigenvalue weighted by Gasteiger charge is 2.04. The normalized spacial score (nSPS) is 10.7. The van der Waals surface area contributed by atoms with Crippen LogP contribution in [0.2, 0.25) is 0 Å². The molecule has 2 aromatic carbocycles. The summed E-state index contributed by atoms with van der Waals surface area (Å²) in [6.07, 6.45) is 0. The molecule has 0 unspecified atom stereocenters. The molecule has 2 nitrogen and oxygen atoms in total. The van der Waals surface area contributed by atoms with Gasteiger partial charge in [-0.15, -0.1) is 11.3 Å². The second-order valence-electron chi connectivity index (χ2n) is 4.36. The molecule has 0 atom stereocenters. The maximum Gasteiger partial charge on any atom is 0.123 e. The van der Waals surface area contributed by atoms with E-state index >= 15 is 0 Å². The van der Waals surface area contributed by atoms with Crippen molar-refractivity contribution in [1.29, 1.82) is 0 Å². The van der Waals surface area contributed by atoms with E-state index in [4.69, 9.17) is 9.47 Å². The summed E-state index contributed by atoms with van der Waals surface area (Å²) in [7, 11) is 1.63. The first-order valence-corrected chi connectivity index (χ1v) is 7.01. The van der Waals surface area contributed by atoms with Crippen molar-refractivity contribution in [3.05, 3.63) is 59.2 Å². The zero-order chi connectivity index (χ0) is 13.9. The number of benzene rings is 2. The van der Waals surface area contributed by atoms with Gasteiger partial charge in [-0.2, -0.15) is 0 Å². The molecule has 3 aromatic rings. The van der Waals surface area contributed by atoms with Crippen LogP contribution in [0.15, 0.2) is 48.5 Å². The maximum atomic E-state index is 13.1. The lowest BCUT2D eigenvalue weighted by Crippen LogP contribution is -1.92. The third kappa shape index (κ3) is 2.75. The van der Waals surface area contributed by atoms with Crippen LogP contribution in [0.5, 0.6) is 11.5 Å². The second kappa shape index (κ2) is 5.51. The van der Waals surface area contributed by atoms with Crippen LogP contribution >= 0.6 is 11.3 Å². The molecule has 1 heterocycles. The number of methoxy groups -OCH3 is 1. The summed E-state index contributed by atoms with van der Waals surface area (Å²) in [6.45, 7) is 0.479. The molecule has 0 aliphatic carbocycles. The minimum atomic E-state index is -0.210. The van der Waals surface area contributed by atoms with Gasteiger partial charge in [-0.05, 0) is 53.9 Å². The highest BCUT2D eigenvalue weighted by molar-refractivity contribution is 7.19. The van der Waals surface area contributed by atoms with Crippen molar-refractivity contribution in [2.75, 3.05) is 7.11 Å². The summed E-state index contributed by atoms with van der Waals surface area (Å²) in [5, 5.41) is 0.920. The maximum absolute atomic E-state index is 13.1. The molecule has 0 radical (unpaired) electrons. The molecule has 0 aliphatic rings. The molecule has 4 heteroatoms. The van der Waals surface area contributed by atoms with Crippen LogP contribution in [0, 0.1) is 5.82 Å². The Morgan fingerprint density at radius 2 is 1.75 bits per heavy atom. The van der Waals surface area contributed by atoms with Gasteiger partial charge in [-0.3, -0.25) is 0 Å². The molecule has 0 saturated heterocycles. The van der Waals surface area contributed by atoms with E-state index in [9.17, 15) is 4.39 Å². The molecule has 0 amide bonds. The minimum Gasteiger partial charge on any atom is -0.497 e. The lowest BCUT2D eigenvalue weighted by atomic mass is 10.2. The van der Waals surface area contributed by atoms with Gasteiger partial charge in [-0.25, -0.2) is 4.39 Å². The quantitative estimate of drug-likeness (QED) is 0.697. The van der Waals surface area contributed by atoms with Crippen molar-refractivity contribution in [2.24, 2.45) is 0 Å². The molecule has 102 valence electrons. The Labute approximate surface area is 120 Å². The molecule has 0 bridgehead atoms. The summed E-state index contributed by atoms with van der Waals surface area (Å²) in [5.74, 6) is 1.38. The molecule has 0 aliphatic heterocycles. The minimum absolute atomic E-state index is 0.210. The van der Waals surface area contributed by atoms with E-state index in [0.29, 0.717) is 6.61 Å². The second-order valence-corrected chi connectivity index (χ2v) is 5.53. The van der Waals surface area contributed by atoms with E-state index < -0.39 is 0 Å². The van der Waals surface area contributed by atoms with Crippen LogP contribution in [-0.4, -0.2) is 7.11 Å². The molecule has 1 aromatic heterocycles. The molecular formula is C16H13FO2S. The van der Waals surface area contributed by atoms with Crippen molar-refractivity contribution in [3.8, 4) is 11.5 Å². The van der Waals surface area contributed by atoms with E-state index in [1.807, 2.05) is 30.3 Å². The average molecular weight is 288 g/mol. The van der Waals surface area contributed by atoms with Crippen LogP contribution in [0.4, 0.5) is 4.39 Å². The van der Waals surface area contributed by atoms with Crippen LogP contribution in [0.25, 0.3) is 10.1 Å². The van der Waals surface area contributed by atoms with Gasteiger partial charge in [0.15, 0.2) is 0 Å². The Bertz CT molecular complexity index is 719. The summed E-state index contributed by atoms with van der Waals surface area (Å²) in [4.78, 5) is 1.07. The van der Waals surface area contributed by atoms with Crippen LogP contribution in [0.3, 0.4) is 0 Å². The number of thiophene rings is 1. The highest BCUT2D eigenvalue weighted by Crippen LogP contribution is 2.27. The van der Waals surface area contributed by atoms with Gasteiger partial charge in [0, 0.05) is 9.58 Å². The molecular weight excluding hydrogens is 275 g/mol. The Balaban J connectivity index is 1.72. The first-order valence-electron chi connectivity index (χ1n) is 6.19. The Morgan fingerprint density at radius 3 is 2.50 bits per heavy atom. The van der Waals surface area contributed by atoms with Crippen molar-refractivity contribution in [2.45, 2.75) is 6.61 Å². The summed E-state index contributed by atoms with van der Waals surface area (Å²) < 4.78 is 25.0. The number of ether oxygens (including phenoxy) is 2. The number of hydrogen-bond acceptors (Lipinski definition) is 3. The fourth-order valence-electron chi connectivity index (χ4n) is 1.97. The third-order valence-corrected chi connectivity index (χ3v) is 4.06. The van der Waals surface area contributed by atoms with E-state index in [0.717, 1.165) is 26.5 Å². The van der Waals surface area contributed by atoms with Gasteiger partial charge in [-0.1, -0.05) is 0 Å². The van der Waals surface area contributed by atoms with E-state index in [-0.39, 0.29) is 5.82 Å². The Hall–Kier alpha value is -2.07. The number of halogens is 1. The molecule has 0 saturated carbocycles. The van der Waals surface area contributed by atoms with Crippen LogP contribution < -0.4 is 9.47 Å². The average Bonchev–Trinajstić information content (AvgIpc) is 2.87. The van der Waals surface area contributed by atoms with Crippen molar-refractivity contribution < 1.29 is 13.9 Å². The predicted octanol–water partition coefficient (Wildman–Crippen LogP) is 4.63. The van der Waals surface area contributed by atoms with Gasteiger partial charge < -0.3 is 9.47 Å². The van der Waals surface area contributed by atoms with Crippen molar-refractivity contribution >= 4 is 21.4 Å². The highest BCUT2D eigenvalue weighted by atomic mass is 32.1. The largest absolute Gasteiger partial charge is 0.497 e. The zero-order valence-electron chi connectivity index (χ0n) is 10.9. The number of fused-ring (bicyclic) bond motifs is 1. The van der Waals surface area contributed by atoms with Crippen LogP contribution in [-0.2, 0) is 6.61 Å².